The third-order valence-electron chi connectivity index (χ3n) is 3.99. The number of benzene rings is 2. The van der Waals surface area contributed by atoms with Gasteiger partial charge in [0.25, 0.3) is 5.91 Å². The van der Waals surface area contributed by atoms with E-state index in [1.807, 2.05) is 18.2 Å². The first-order valence-corrected chi connectivity index (χ1v) is 9.51. The molecule has 0 aromatic heterocycles. The van der Waals surface area contributed by atoms with Crippen LogP contribution in [-0.2, 0) is 30.3 Å². The Morgan fingerprint density at radius 3 is 2.30 bits per heavy atom. The predicted octanol–water partition coefficient (Wildman–Crippen LogP) is 1.61. The van der Waals surface area contributed by atoms with Gasteiger partial charge in [-0.25, -0.2) is 0 Å². The van der Waals surface area contributed by atoms with Crippen molar-refractivity contribution in [1.29, 1.82) is 0 Å². The molecule has 0 heterocycles. The van der Waals surface area contributed by atoms with E-state index < -0.39 is 24.4 Å². The molecule has 0 spiro atoms. The summed E-state index contributed by atoms with van der Waals surface area (Å²) in [4.78, 5) is 47.1. The number of carbonyl (C=O) groups excluding carboxylic acids is 4. The van der Waals surface area contributed by atoms with Crippen LogP contribution in [0.3, 0.4) is 0 Å². The minimum absolute atomic E-state index is 0.135. The molecule has 30 heavy (non-hydrogen) atoms. The summed E-state index contributed by atoms with van der Waals surface area (Å²) in [6.45, 7) is 0.551. The molecule has 0 aliphatic carbocycles. The number of hydrogen-bond acceptors (Lipinski definition) is 5. The number of nitrogens with one attached hydrogen (secondary N) is 3. The van der Waals surface area contributed by atoms with Gasteiger partial charge in [0.2, 0.25) is 11.8 Å². The minimum atomic E-state index is -0.759. The summed E-state index contributed by atoms with van der Waals surface area (Å²) in [6, 6.07) is 14.1. The highest BCUT2D eigenvalue weighted by atomic mass is 35.5. The number of ether oxygens (including phenoxy) is 1. The zero-order valence-electron chi connectivity index (χ0n) is 16.4. The lowest BCUT2D eigenvalue weighted by Gasteiger charge is -2.10. The van der Waals surface area contributed by atoms with Crippen LogP contribution in [0.2, 0.25) is 5.02 Å². The Morgan fingerprint density at radius 2 is 1.57 bits per heavy atom. The van der Waals surface area contributed by atoms with E-state index in [1.165, 1.54) is 0 Å². The third-order valence-corrected chi connectivity index (χ3v) is 4.40. The maximum Gasteiger partial charge on any atom is 0.325 e. The van der Waals surface area contributed by atoms with Gasteiger partial charge >= 0.3 is 5.97 Å². The molecule has 3 N–H and O–H groups in total. The van der Waals surface area contributed by atoms with E-state index in [-0.39, 0.29) is 25.4 Å². The molecule has 0 bridgehead atoms. The maximum absolute atomic E-state index is 11.9. The SMILES string of the molecule is Cc1c(Cl)cccc1NC(=O)CNC(=O)COC(=O)CNC(=O)Cc1ccccc1. The van der Waals surface area contributed by atoms with Gasteiger partial charge in [0, 0.05) is 10.7 Å². The fourth-order valence-corrected chi connectivity index (χ4v) is 2.55. The van der Waals surface area contributed by atoms with Crippen molar-refractivity contribution in [2.24, 2.45) is 0 Å². The number of rotatable bonds is 9. The first-order chi connectivity index (χ1) is 14.3. The fraction of sp³-hybridized carbons (Fsp3) is 0.238. The van der Waals surface area contributed by atoms with Crippen LogP contribution < -0.4 is 16.0 Å². The lowest BCUT2D eigenvalue weighted by Crippen LogP contribution is -2.37. The van der Waals surface area contributed by atoms with Crippen LogP contribution in [0.5, 0.6) is 0 Å². The molecular weight excluding hydrogens is 410 g/mol. The Kier molecular flexibility index (Phi) is 8.83. The molecule has 3 amide bonds. The van der Waals surface area contributed by atoms with Gasteiger partial charge in [-0.1, -0.05) is 48.0 Å². The first kappa shape index (κ1) is 22.9. The lowest BCUT2D eigenvalue weighted by molar-refractivity contribution is -0.148. The molecule has 0 radical (unpaired) electrons. The van der Waals surface area contributed by atoms with E-state index in [4.69, 9.17) is 16.3 Å². The van der Waals surface area contributed by atoms with Crippen molar-refractivity contribution in [2.75, 3.05) is 25.0 Å². The van der Waals surface area contributed by atoms with Gasteiger partial charge in [0.15, 0.2) is 6.61 Å². The first-order valence-electron chi connectivity index (χ1n) is 9.13. The second-order valence-corrected chi connectivity index (χ2v) is 6.74. The number of amides is 3. The number of carbonyl (C=O) groups is 4. The molecule has 0 aliphatic heterocycles. The van der Waals surface area contributed by atoms with Gasteiger partial charge in [-0.05, 0) is 30.2 Å². The summed E-state index contributed by atoms with van der Waals surface area (Å²) in [5.74, 6) is -2.19. The molecule has 0 aliphatic rings. The van der Waals surface area contributed by atoms with E-state index in [9.17, 15) is 19.2 Å². The lowest BCUT2D eigenvalue weighted by atomic mass is 10.1. The molecule has 0 saturated heterocycles. The van der Waals surface area contributed by atoms with Gasteiger partial charge in [0.05, 0.1) is 13.0 Å². The smallest absolute Gasteiger partial charge is 0.325 e. The minimum Gasteiger partial charge on any atom is -0.454 e. The molecule has 0 saturated carbocycles. The van der Waals surface area contributed by atoms with Gasteiger partial charge in [0.1, 0.15) is 6.54 Å². The Bertz CT molecular complexity index is 918. The summed E-state index contributed by atoms with van der Waals surface area (Å²) in [6.07, 6.45) is 0.135. The Labute approximate surface area is 178 Å². The third kappa shape index (κ3) is 7.92. The van der Waals surface area contributed by atoms with E-state index >= 15 is 0 Å². The molecule has 0 fully saturated rings. The average molecular weight is 432 g/mol. The van der Waals surface area contributed by atoms with Crippen LogP contribution in [0.15, 0.2) is 48.5 Å². The van der Waals surface area contributed by atoms with Crippen LogP contribution in [0.25, 0.3) is 0 Å². The second kappa shape index (κ2) is 11.6. The summed E-state index contributed by atoms with van der Waals surface area (Å²) < 4.78 is 4.77. The van der Waals surface area contributed by atoms with Crippen LogP contribution in [-0.4, -0.2) is 43.4 Å². The van der Waals surface area contributed by atoms with Crippen molar-refractivity contribution in [1.82, 2.24) is 10.6 Å². The van der Waals surface area contributed by atoms with Crippen molar-refractivity contribution in [2.45, 2.75) is 13.3 Å². The normalized spacial score (nSPS) is 10.1. The van der Waals surface area contributed by atoms with Crippen molar-refractivity contribution < 1.29 is 23.9 Å². The van der Waals surface area contributed by atoms with Gasteiger partial charge in [-0.15, -0.1) is 0 Å². The quantitative estimate of drug-likeness (QED) is 0.522. The molecular formula is C21H22ClN3O5. The summed E-state index contributed by atoms with van der Waals surface area (Å²) in [7, 11) is 0. The summed E-state index contributed by atoms with van der Waals surface area (Å²) >= 11 is 5.99. The number of esters is 1. The molecule has 2 rings (SSSR count). The number of halogens is 1. The molecule has 158 valence electrons. The Morgan fingerprint density at radius 1 is 0.867 bits per heavy atom. The number of hydrogen-bond donors (Lipinski definition) is 3. The van der Waals surface area contributed by atoms with Crippen LogP contribution in [0.1, 0.15) is 11.1 Å². The van der Waals surface area contributed by atoms with Crippen LogP contribution in [0.4, 0.5) is 5.69 Å². The van der Waals surface area contributed by atoms with E-state index in [0.717, 1.165) is 5.56 Å². The van der Waals surface area contributed by atoms with E-state index in [1.54, 1.807) is 37.3 Å². The maximum atomic E-state index is 11.9. The molecule has 0 atom stereocenters. The highest BCUT2D eigenvalue weighted by molar-refractivity contribution is 6.31. The van der Waals surface area contributed by atoms with Crippen molar-refractivity contribution in [3.05, 3.63) is 64.7 Å². The second-order valence-electron chi connectivity index (χ2n) is 6.34. The predicted molar refractivity (Wildman–Crippen MR) is 112 cm³/mol. The molecule has 0 unspecified atom stereocenters. The largest absolute Gasteiger partial charge is 0.454 e. The molecule has 2 aromatic rings. The topological polar surface area (TPSA) is 114 Å². The number of anilines is 1. The van der Waals surface area contributed by atoms with Gasteiger partial charge in [-0.3, -0.25) is 19.2 Å². The average Bonchev–Trinajstić information content (AvgIpc) is 2.73. The molecule has 9 heteroatoms. The van der Waals surface area contributed by atoms with Crippen LogP contribution in [0, 0.1) is 6.92 Å². The summed E-state index contributed by atoms with van der Waals surface area (Å²) in [5.41, 5.74) is 2.07. The van der Waals surface area contributed by atoms with Crippen molar-refractivity contribution in [3.8, 4) is 0 Å². The fourth-order valence-electron chi connectivity index (χ4n) is 2.38. The molecule has 2 aromatic carbocycles. The standard InChI is InChI=1S/C21H22ClN3O5/c1-14-16(22)8-5-9-17(14)25-19(27)11-23-20(28)13-30-21(29)12-24-18(26)10-15-6-3-2-4-7-15/h2-9H,10-13H2,1H3,(H,23,28)(H,24,26)(H,25,27). The van der Waals surface area contributed by atoms with E-state index in [2.05, 4.69) is 16.0 Å². The van der Waals surface area contributed by atoms with Gasteiger partial charge in [-0.2, -0.15) is 0 Å². The highest BCUT2D eigenvalue weighted by Gasteiger charge is 2.12. The van der Waals surface area contributed by atoms with Crippen LogP contribution >= 0.6 is 11.6 Å². The monoisotopic (exact) mass is 431 g/mol. The molecule has 8 nitrogen and oxygen atoms in total. The highest BCUT2D eigenvalue weighted by Crippen LogP contribution is 2.22. The van der Waals surface area contributed by atoms with Gasteiger partial charge < -0.3 is 20.7 Å². The zero-order chi connectivity index (χ0) is 21.9. The van der Waals surface area contributed by atoms with E-state index in [0.29, 0.717) is 16.3 Å². The van der Waals surface area contributed by atoms with Crippen molar-refractivity contribution >= 4 is 41.0 Å². The Hall–Kier alpha value is -3.39. The summed E-state index contributed by atoms with van der Waals surface area (Å²) in [5, 5.41) is 7.91. The van der Waals surface area contributed by atoms with Crippen molar-refractivity contribution in [3.63, 3.8) is 0 Å². The Balaban J connectivity index is 1.62. The zero-order valence-corrected chi connectivity index (χ0v) is 17.1.